The number of fused-ring (bicyclic) bond motifs is 1. The predicted molar refractivity (Wildman–Crippen MR) is 189 cm³/mol. The molecule has 0 amide bonds. The smallest absolute Gasteiger partial charge is 0.343 e. The summed E-state index contributed by atoms with van der Waals surface area (Å²) in [5, 5.41) is 0. The number of allylic oxidation sites excluding steroid dienone is 1. The number of nitrogens with zero attached hydrogens (tertiary/aromatic N) is 2. The first kappa shape index (κ1) is 36.6. The number of thiazole rings is 1. The summed E-state index contributed by atoms with van der Waals surface area (Å²) < 4.78 is 34.5. The summed E-state index contributed by atoms with van der Waals surface area (Å²) in [6, 6.07) is 18.4. The van der Waals surface area contributed by atoms with E-state index in [9.17, 15) is 19.2 Å². The Morgan fingerprint density at radius 3 is 2.31 bits per heavy atom. The molecular formula is C38H38N2O10S. The van der Waals surface area contributed by atoms with Crippen molar-refractivity contribution in [3.8, 4) is 17.2 Å². The number of rotatable bonds is 14. The van der Waals surface area contributed by atoms with Gasteiger partial charge in [0, 0.05) is 0 Å². The van der Waals surface area contributed by atoms with E-state index in [1.165, 1.54) is 23.0 Å². The van der Waals surface area contributed by atoms with Gasteiger partial charge in [-0.3, -0.25) is 9.36 Å². The minimum absolute atomic E-state index is 0.134. The summed E-state index contributed by atoms with van der Waals surface area (Å²) in [6.07, 6.45) is 1.75. The highest BCUT2D eigenvalue weighted by molar-refractivity contribution is 7.07. The van der Waals surface area contributed by atoms with Gasteiger partial charge in [0.1, 0.15) is 12.4 Å². The molecule has 0 saturated carbocycles. The number of ether oxygens (including phenoxy) is 6. The van der Waals surface area contributed by atoms with Gasteiger partial charge in [-0.1, -0.05) is 41.7 Å². The number of carbonyl (C=O) groups excluding carboxylic acids is 3. The average Bonchev–Trinajstić information content (AvgIpc) is 3.43. The first-order valence-corrected chi connectivity index (χ1v) is 17.1. The van der Waals surface area contributed by atoms with E-state index in [4.69, 9.17) is 23.7 Å². The van der Waals surface area contributed by atoms with Gasteiger partial charge in [-0.15, -0.1) is 0 Å². The Bertz CT molecular complexity index is 2130. The monoisotopic (exact) mass is 714 g/mol. The fourth-order valence-corrected chi connectivity index (χ4v) is 6.40. The van der Waals surface area contributed by atoms with Crippen LogP contribution in [0.1, 0.15) is 60.8 Å². The molecule has 0 N–H and O–H groups in total. The minimum atomic E-state index is -0.888. The molecule has 0 spiro atoms. The molecule has 0 radical (unpaired) electrons. The normalized spacial score (nSPS) is 13.9. The number of esters is 3. The Hall–Kier alpha value is -5.69. The SMILES string of the molecule is CCOC(=O)C1=C(C)N=c2s/c(=C/c3cccc(OCc4ccc(C(=O)OCC)cc4)c3)c(=O)n2[C@@H]1c1ccc(OCC(=O)OC)c(OCC)c1. The average molecular weight is 715 g/mol. The lowest BCUT2D eigenvalue weighted by Crippen LogP contribution is -2.40. The molecule has 0 bridgehead atoms. The Labute approximate surface area is 298 Å². The van der Waals surface area contributed by atoms with Crippen molar-refractivity contribution in [1.82, 2.24) is 4.57 Å². The lowest BCUT2D eigenvalue weighted by molar-refractivity contribution is -0.143. The molecule has 12 nitrogen and oxygen atoms in total. The van der Waals surface area contributed by atoms with Gasteiger partial charge in [-0.2, -0.15) is 0 Å². The second kappa shape index (κ2) is 16.8. The van der Waals surface area contributed by atoms with Crippen LogP contribution in [-0.2, 0) is 30.4 Å². The second-order valence-corrected chi connectivity index (χ2v) is 12.1. The molecule has 1 aromatic heterocycles. The van der Waals surface area contributed by atoms with Crippen molar-refractivity contribution in [2.75, 3.05) is 33.5 Å². The lowest BCUT2D eigenvalue weighted by atomic mass is 9.95. The minimum Gasteiger partial charge on any atom is -0.490 e. The van der Waals surface area contributed by atoms with E-state index in [-0.39, 0.29) is 36.9 Å². The molecule has 51 heavy (non-hydrogen) atoms. The zero-order valence-corrected chi connectivity index (χ0v) is 29.7. The van der Waals surface area contributed by atoms with Crippen LogP contribution in [0.5, 0.6) is 17.2 Å². The van der Waals surface area contributed by atoms with Crippen molar-refractivity contribution in [2.45, 2.75) is 40.3 Å². The molecule has 3 aromatic carbocycles. The highest BCUT2D eigenvalue weighted by Crippen LogP contribution is 2.36. The van der Waals surface area contributed by atoms with Crippen molar-refractivity contribution in [1.29, 1.82) is 0 Å². The molecule has 0 aliphatic carbocycles. The fourth-order valence-electron chi connectivity index (χ4n) is 5.35. The first-order valence-electron chi connectivity index (χ1n) is 16.3. The van der Waals surface area contributed by atoms with Crippen molar-refractivity contribution in [3.05, 3.63) is 120 Å². The zero-order valence-electron chi connectivity index (χ0n) is 28.9. The number of benzene rings is 3. The van der Waals surface area contributed by atoms with Gasteiger partial charge in [0.15, 0.2) is 22.9 Å². The van der Waals surface area contributed by atoms with Crippen LogP contribution in [0, 0.1) is 0 Å². The highest BCUT2D eigenvalue weighted by Gasteiger charge is 2.34. The van der Waals surface area contributed by atoms with E-state index in [2.05, 4.69) is 9.73 Å². The highest BCUT2D eigenvalue weighted by atomic mass is 32.1. The fraction of sp³-hybridized carbons (Fsp3) is 0.289. The van der Waals surface area contributed by atoms with E-state index in [1.54, 1.807) is 76.2 Å². The van der Waals surface area contributed by atoms with Crippen molar-refractivity contribution in [3.63, 3.8) is 0 Å². The van der Waals surface area contributed by atoms with Crippen LogP contribution in [0.2, 0.25) is 0 Å². The summed E-state index contributed by atoms with van der Waals surface area (Å²) in [6.45, 7) is 7.65. The van der Waals surface area contributed by atoms with Crippen LogP contribution < -0.4 is 29.1 Å². The van der Waals surface area contributed by atoms with Gasteiger partial charge in [0.25, 0.3) is 5.56 Å². The molecule has 0 fully saturated rings. The maximum atomic E-state index is 14.2. The van der Waals surface area contributed by atoms with E-state index in [1.807, 2.05) is 24.3 Å². The Kier molecular flexibility index (Phi) is 12.1. The first-order chi connectivity index (χ1) is 24.7. The van der Waals surface area contributed by atoms with Gasteiger partial charge in [0.05, 0.1) is 54.3 Å². The third-order valence-electron chi connectivity index (χ3n) is 7.70. The molecule has 2 heterocycles. The van der Waals surface area contributed by atoms with Crippen LogP contribution in [0.15, 0.2) is 87.8 Å². The molecule has 1 aliphatic heterocycles. The molecule has 1 aliphatic rings. The number of aromatic nitrogens is 1. The summed E-state index contributed by atoms with van der Waals surface area (Å²) >= 11 is 1.20. The molecule has 266 valence electrons. The number of hydrogen-bond donors (Lipinski definition) is 0. The lowest BCUT2D eigenvalue weighted by Gasteiger charge is -2.25. The summed E-state index contributed by atoms with van der Waals surface area (Å²) in [4.78, 5) is 56.3. The molecule has 4 aromatic rings. The third kappa shape index (κ3) is 8.55. The Balaban J connectivity index is 1.49. The number of carbonyl (C=O) groups is 3. The van der Waals surface area contributed by atoms with E-state index in [0.717, 1.165) is 11.1 Å². The molecule has 1 atom stereocenters. The standard InChI is InChI=1S/C38H38N2O10S/c1-6-46-30-20-27(16-17-29(30)50-22-32(41)45-5)34-33(37(44)48-8-3)23(4)39-38-40(34)35(42)31(51-38)19-25-10-9-11-28(18-25)49-21-24-12-14-26(15-13-24)36(43)47-7-2/h9-20,34H,6-8,21-22H2,1-5H3/b31-19+/t34-/m1/s1. The molecule has 5 rings (SSSR count). The Morgan fingerprint density at radius 1 is 0.863 bits per heavy atom. The quantitative estimate of drug-likeness (QED) is 0.135. The molecular weight excluding hydrogens is 676 g/mol. The van der Waals surface area contributed by atoms with Crippen molar-refractivity contribution in [2.24, 2.45) is 4.99 Å². The number of methoxy groups -OCH3 is 1. The second-order valence-electron chi connectivity index (χ2n) is 11.1. The predicted octanol–water partition coefficient (Wildman–Crippen LogP) is 4.50. The third-order valence-corrected chi connectivity index (χ3v) is 8.68. The van der Waals surface area contributed by atoms with E-state index >= 15 is 0 Å². The summed E-state index contributed by atoms with van der Waals surface area (Å²) in [5.41, 5.74) is 2.89. The van der Waals surface area contributed by atoms with Crippen LogP contribution in [-0.4, -0.2) is 56.0 Å². The van der Waals surface area contributed by atoms with Gasteiger partial charge < -0.3 is 28.4 Å². The van der Waals surface area contributed by atoms with Crippen LogP contribution in [0.4, 0.5) is 0 Å². The topological polar surface area (TPSA) is 141 Å². The summed E-state index contributed by atoms with van der Waals surface area (Å²) in [7, 11) is 1.27. The summed E-state index contributed by atoms with van der Waals surface area (Å²) in [5.74, 6) is -0.323. The van der Waals surface area contributed by atoms with E-state index < -0.39 is 18.0 Å². The van der Waals surface area contributed by atoms with Gasteiger partial charge in [-0.05, 0) is 86.9 Å². The molecule has 0 unspecified atom stereocenters. The van der Waals surface area contributed by atoms with Crippen molar-refractivity contribution >= 4 is 35.3 Å². The zero-order chi connectivity index (χ0) is 36.5. The number of hydrogen-bond acceptors (Lipinski definition) is 12. The van der Waals surface area contributed by atoms with Crippen LogP contribution in [0.25, 0.3) is 6.08 Å². The maximum absolute atomic E-state index is 14.2. The largest absolute Gasteiger partial charge is 0.490 e. The molecule has 0 saturated heterocycles. The Morgan fingerprint density at radius 2 is 1.61 bits per heavy atom. The van der Waals surface area contributed by atoms with Crippen LogP contribution in [0.3, 0.4) is 0 Å². The molecule has 13 heteroatoms. The van der Waals surface area contributed by atoms with Gasteiger partial charge in [-0.25, -0.2) is 19.4 Å². The maximum Gasteiger partial charge on any atom is 0.343 e. The van der Waals surface area contributed by atoms with Crippen molar-refractivity contribution < 1.29 is 42.8 Å². The van der Waals surface area contributed by atoms with Gasteiger partial charge >= 0.3 is 17.9 Å². The van der Waals surface area contributed by atoms with Crippen LogP contribution >= 0.6 is 11.3 Å². The van der Waals surface area contributed by atoms with Gasteiger partial charge in [0.2, 0.25) is 0 Å². The van der Waals surface area contributed by atoms with E-state index in [0.29, 0.717) is 56.6 Å².